The SMILES string of the molecule is [2H]c1nc(-c2[c-]c(-c3cccc4c3nc(-c3cc(C)cc(C)c3O[CH2-])n4-c3cc(-c4ccccc4)c(C([2H])(C)C)cc3-c3ccccc3)cc(C(C)(C)C)c2)c([2H])c(-c2c([2H])c([2H])c(C([2H])([2H])[2H])c([2H])c2[2H])c1[2H].[Pt+2]. The van der Waals surface area contributed by atoms with Gasteiger partial charge in [-0.25, -0.2) is 4.98 Å². The van der Waals surface area contributed by atoms with E-state index in [0.29, 0.717) is 39.3 Å². The second-order valence-corrected chi connectivity index (χ2v) is 17.1. The Morgan fingerprint density at radius 2 is 1.41 bits per heavy atom. The Bertz CT molecular complexity index is 3680. The van der Waals surface area contributed by atoms with E-state index in [0.717, 1.165) is 50.2 Å². The summed E-state index contributed by atoms with van der Waals surface area (Å²) < 4.78 is 104. The number of hydrogen-bond donors (Lipinski definition) is 0. The van der Waals surface area contributed by atoms with E-state index in [-0.39, 0.29) is 32.3 Å². The van der Waals surface area contributed by atoms with E-state index in [4.69, 9.17) is 22.1 Å². The van der Waals surface area contributed by atoms with Crippen LogP contribution in [-0.2, 0) is 26.5 Å². The fourth-order valence-electron chi connectivity index (χ4n) is 8.23. The molecular formula is C59H53N3OPt. The second kappa shape index (κ2) is 18.0. The summed E-state index contributed by atoms with van der Waals surface area (Å²) >= 11 is 0. The monoisotopic (exact) mass is 1030 g/mol. The molecule has 2 aromatic heterocycles. The molecule has 0 radical (unpaired) electrons. The quantitative estimate of drug-likeness (QED) is 0.135. The van der Waals surface area contributed by atoms with E-state index in [1.165, 1.54) is 0 Å². The van der Waals surface area contributed by atoms with Crippen LogP contribution in [0.15, 0.2) is 158 Å². The summed E-state index contributed by atoms with van der Waals surface area (Å²) in [5.74, 6) is 0.0829. The molecule has 0 bridgehead atoms. The van der Waals surface area contributed by atoms with Crippen molar-refractivity contribution in [2.75, 3.05) is 0 Å². The van der Waals surface area contributed by atoms with Crippen LogP contribution in [0.4, 0.5) is 0 Å². The van der Waals surface area contributed by atoms with Crippen molar-refractivity contribution in [1.29, 1.82) is 0 Å². The van der Waals surface area contributed by atoms with Gasteiger partial charge in [0.2, 0.25) is 0 Å². The van der Waals surface area contributed by atoms with Gasteiger partial charge in [0.25, 0.3) is 0 Å². The molecule has 9 rings (SSSR count). The molecule has 0 saturated carbocycles. The number of para-hydroxylation sites is 1. The van der Waals surface area contributed by atoms with Crippen molar-refractivity contribution in [3.05, 3.63) is 199 Å². The van der Waals surface area contributed by atoms with Crippen LogP contribution in [0.1, 0.15) is 83.4 Å². The van der Waals surface area contributed by atoms with Crippen LogP contribution in [0.25, 0.3) is 83.9 Å². The summed E-state index contributed by atoms with van der Waals surface area (Å²) in [7, 11) is 3.89. The third kappa shape index (κ3) is 8.52. The van der Waals surface area contributed by atoms with Crippen molar-refractivity contribution in [1.82, 2.24) is 14.5 Å². The van der Waals surface area contributed by atoms with E-state index >= 15 is 0 Å². The molecule has 64 heavy (non-hydrogen) atoms. The van der Waals surface area contributed by atoms with Crippen LogP contribution < -0.4 is 4.74 Å². The zero-order valence-electron chi connectivity index (χ0n) is 47.7. The van der Waals surface area contributed by atoms with Crippen molar-refractivity contribution in [2.24, 2.45) is 0 Å². The number of nitrogens with zero attached hydrogens (tertiary/aromatic N) is 3. The van der Waals surface area contributed by atoms with E-state index in [1.54, 1.807) is 6.07 Å². The molecule has 4 nitrogen and oxygen atoms in total. The Kier molecular flexibility index (Phi) is 9.11. The number of aryl methyl sites for hydroxylation is 2. The first kappa shape index (κ1) is 32.3. The van der Waals surface area contributed by atoms with Gasteiger partial charge in [-0.3, -0.25) is 9.55 Å². The summed E-state index contributed by atoms with van der Waals surface area (Å²) in [6, 6.07) is 37.3. The first-order valence-electron chi connectivity index (χ1n) is 26.3. The van der Waals surface area contributed by atoms with Crippen LogP contribution in [0.5, 0.6) is 5.75 Å². The molecule has 0 spiro atoms. The summed E-state index contributed by atoms with van der Waals surface area (Å²) in [6.07, 6.45) is -0.592. The van der Waals surface area contributed by atoms with Crippen LogP contribution in [0.2, 0.25) is 0 Å². The minimum absolute atomic E-state index is 0. The molecule has 2 heterocycles. The molecule has 9 aromatic rings. The number of rotatable bonds is 9. The molecule has 320 valence electrons. The Labute approximate surface area is 408 Å². The predicted molar refractivity (Wildman–Crippen MR) is 263 cm³/mol. The maximum absolute atomic E-state index is 9.59. The van der Waals surface area contributed by atoms with Crippen LogP contribution >= 0.6 is 0 Å². The molecule has 0 aliphatic heterocycles. The molecule has 0 N–H and O–H groups in total. The molecule has 0 fully saturated rings. The van der Waals surface area contributed by atoms with E-state index in [2.05, 4.69) is 47.0 Å². The second-order valence-electron chi connectivity index (χ2n) is 17.1. The van der Waals surface area contributed by atoms with Gasteiger partial charge in [0.1, 0.15) is 5.82 Å². The topological polar surface area (TPSA) is 39.9 Å². The zero-order chi connectivity index (χ0) is 53.5. The van der Waals surface area contributed by atoms with Crippen LogP contribution in [-0.4, -0.2) is 14.5 Å². The normalized spacial score (nSPS) is 14.3. The molecule has 0 saturated heterocycles. The Hall–Kier alpha value is -6.35. The average Bonchev–Trinajstić information content (AvgIpc) is 3.74. The molecule has 7 aromatic carbocycles. The number of benzene rings is 7. The smallest absolute Gasteiger partial charge is 0.665 e. The Morgan fingerprint density at radius 3 is 2.06 bits per heavy atom. The summed E-state index contributed by atoms with van der Waals surface area (Å²) in [5, 5.41) is 0. The van der Waals surface area contributed by atoms with Gasteiger partial charge in [0.15, 0.2) is 0 Å². The van der Waals surface area contributed by atoms with E-state index < -0.39 is 77.3 Å². The van der Waals surface area contributed by atoms with Gasteiger partial charge in [-0.15, -0.1) is 29.3 Å². The average molecular weight is 1030 g/mol. The molecule has 5 heteroatoms. The minimum Gasteiger partial charge on any atom is -0.665 e. The van der Waals surface area contributed by atoms with Crippen LogP contribution in [0.3, 0.4) is 0 Å². The molecule has 0 atom stereocenters. The summed E-state index contributed by atoms with van der Waals surface area (Å²) in [4.78, 5) is 10.0. The number of hydrogen-bond acceptors (Lipinski definition) is 3. The van der Waals surface area contributed by atoms with Gasteiger partial charge in [0.05, 0.1) is 37.6 Å². The van der Waals surface area contributed by atoms with Crippen molar-refractivity contribution >= 4 is 11.0 Å². The molecule has 0 aliphatic rings. The van der Waals surface area contributed by atoms with E-state index in [1.807, 2.05) is 133 Å². The van der Waals surface area contributed by atoms with Crippen molar-refractivity contribution in [3.63, 3.8) is 0 Å². The van der Waals surface area contributed by atoms with Gasteiger partial charge in [-0.2, -0.15) is 7.11 Å². The number of fused-ring (bicyclic) bond motifs is 1. The fraction of sp³-hybridized carbons (Fsp3) is 0.169. The largest absolute Gasteiger partial charge is 2.00 e. The molecule has 0 aliphatic carbocycles. The van der Waals surface area contributed by atoms with Crippen molar-refractivity contribution in [2.45, 2.75) is 66.6 Å². The predicted octanol–water partition coefficient (Wildman–Crippen LogP) is 15.7. The van der Waals surface area contributed by atoms with Gasteiger partial charge in [-0.05, 0) is 107 Å². The Balaban J connectivity index is 0.00000747. The third-order valence-corrected chi connectivity index (χ3v) is 11.3. The summed E-state index contributed by atoms with van der Waals surface area (Å²) in [6.45, 7) is 10.9. The maximum atomic E-state index is 9.59. The number of imidazole rings is 1. The van der Waals surface area contributed by atoms with Crippen LogP contribution in [0, 0.1) is 33.9 Å². The van der Waals surface area contributed by atoms with Crippen molar-refractivity contribution in [3.8, 4) is 78.6 Å². The molecule has 0 amide bonds. The molecular weight excluding hydrogens is 962 g/mol. The maximum Gasteiger partial charge on any atom is 2.00 e. The first-order valence-corrected chi connectivity index (χ1v) is 20.8. The van der Waals surface area contributed by atoms with E-state index in [9.17, 15) is 2.74 Å². The number of pyridine rings is 1. The minimum atomic E-state index is -2.98. The first-order chi connectivity index (χ1) is 34.8. The van der Waals surface area contributed by atoms with Gasteiger partial charge in [-0.1, -0.05) is 160 Å². The molecule has 0 unspecified atom stereocenters. The number of ether oxygens (including phenoxy) is 1. The third-order valence-electron chi connectivity index (χ3n) is 11.3. The number of aromatic nitrogens is 3. The van der Waals surface area contributed by atoms with Crippen molar-refractivity contribution < 1.29 is 40.9 Å². The zero-order valence-corrected chi connectivity index (χ0v) is 39.0. The Morgan fingerprint density at radius 1 is 0.719 bits per heavy atom. The van der Waals surface area contributed by atoms with Gasteiger partial charge >= 0.3 is 21.1 Å². The summed E-state index contributed by atoms with van der Waals surface area (Å²) in [5.41, 5.74) is 9.03. The van der Waals surface area contributed by atoms with Gasteiger partial charge in [0, 0.05) is 22.9 Å². The van der Waals surface area contributed by atoms with Gasteiger partial charge < -0.3 is 4.74 Å². The standard InChI is InChI=1S/C59H53N3O.Pt/c1-37(2)49-35-51(43-19-14-11-15-20-43)55(36-50(49)42-17-12-10-13-18-42)62-54-22-16-21-48(56(54)61-58(62)52-30-39(4)29-40(5)57(52)63-9)45-31-46(33-47(32-45)59(6,7)8)53-34-44(27-28-60-53)41-25-23-38(3)24-26-41;/h10-30,32-37H,9H2,1-8H3;/q-2;+2/i3D3,23D,24D,25D,26D,27D,28D,34D,37D;. The fourth-order valence-corrected chi connectivity index (χ4v) is 8.23.